The van der Waals surface area contributed by atoms with Gasteiger partial charge in [-0.15, -0.1) is 0 Å². The van der Waals surface area contributed by atoms with Crippen molar-refractivity contribution in [3.63, 3.8) is 0 Å². The second kappa shape index (κ2) is 7.87. The summed E-state index contributed by atoms with van der Waals surface area (Å²) in [6, 6.07) is 4.94. The van der Waals surface area contributed by atoms with Gasteiger partial charge in [0.05, 0.1) is 6.61 Å². The van der Waals surface area contributed by atoms with E-state index in [9.17, 15) is 4.39 Å². The molecule has 4 heteroatoms. The third kappa shape index (κ3) is 5.46. The molecule has 0 radical (unpaired) electrons. The Bertz CT molecular complexity index is 371. The van der Waals surface area contributed by atoms with Crippen molar-refractivity contribution in [3.05, 3.63) is 34.1 Å². The van der Waals surface area contributed by atoms with Crippen molar-refractivity contribution >= 4 is 15.9 Å². The molecule has 0 amide bonds. The number of nitrogens with one attached hydrogen (secondary N) is 1. The molecule has 1 aromatic rings. The lowest BCUT2D eigenvalue weighted by atomic mass is 10.1. The molecule has 0 heterocycles. The Morgan fingerprint density at radius 3 is 2.67 bits per heavy atom. The molecule has 0 fully saturated rings. The SMILES string of the molecule is CC(C)COCCNC(C)c1ccc(F)cc1Br. The number of rotatable bonds is 7. The van der Waals surface area contributed by atoms with Crippen LogP contribution in [0.5, 0.6) is 0 Å². The molecule has 1 atom stereocenters. The first-order valence-corrected chi connectivity index (χ1v) is 7.06. The van der Waals surface area contributed by atoms with Crippen molar-refractivity contribution in [1.29, 1.82) is 0 Å². The molecule has 0 saturated carbocycles. The zero-order valence-corrected chi connectivity index (χ0v) is 12.8. The molecular weight excluding hydrogens is 297 g/mol. The fourth-order valence-electron chi connectivity index (χ4n) is 1.63. The first-order chi connectivity index (χ1) is 8.50. The van der Waals surface area contributed by atoms with E-state index in [4.69, 9.17) is 4.74 Å². The van der Waals surface area contributed by atoms with Gasteiger partial charge in [0, 0.05) is 23.7 Å². The first-order valence-electron chi connectivity index (χ1n) is 6.26. The summed E-state index contributed by atoms with van der Waals surface area (Å²) in [4.78, 5) is 0. The molecule has 0 spiro atoms. The predicted octanol–water partition coefficient (Wildman–Crippen LogP) is 3.91. The van der Waals surface area contributed by atoms with E-state index in [-0.39, 0.29) is 11.9 Å². The number of ether oxygens (including phenoxy) is 1. The number of hydrogen-bond donors (Lipinski definition) is 1. The maximum absolute atomic E-state index is 13.0. The van der Waals surface area contributed by atoms with Gasteiger partial charge in [-0.2, -0.15) is 0 Å². The molecule has 0 aliphatic heterocycles. The molecule has 1 N–H and O–H groups in total. The summed E-state index contributed by atoms with van der Waals surface area (Å²) in [5, 5.41) is 3.36. The lowest BCUT2D eigenvalue weighted by molar-refractivity contribution is 0.110. The Morgan fingerprint density at radius 1 is 1.33 bits per heavy atom. The zero-order valence-electron chi connectivity index (χ0n) is 11.2. The summed E-state index contributed by atoms with van der Waals surface area (Å²) in [6.07, 6.45) is 0. The number of hydrogen-bond acceptors (Lipinski definition) is 2. The fraction of sp³-hybridized carbons (Fsp3) is 0.571. The number of halogens is 2. The van der Waals surface area contributed by atoms with E-state index in [2.05, 4.69) is 42.0 Å². The van der Waals surface area contributed by atoms with Gasteiger partial charge in [-0.05, 0) is 30.5 Å². The largest absolute Gasteiger partial charge is 0.380 e. The molecule has 18 heavy (non-hydrogen) atoms. The van der Waals surface area contributed by atoms with Crippen molar-refractivity contribution in [2.45, 2.75) is 26.8 Å². The minimum atomic E-state index is -0.224. The molecule has 1 aromatic carbocycles. The van der Waals surface area contributed by atoms with Crippen molar-refractivity contribution < 1.29 is 9.13 Å². The molecular formula is C14H21BrFNO. The smallest absolute Gasteiger partial charge is 0.124 e. The Kier molecular flexibility index (Phi) is 6.82. The summed E-state index contributed by atoms with van der Waals surface area (Å²) < 4.78 is 19.3. The van der Waals surface area contributed by atoms with E-state index in [0.29, 0.717) is 12.5 Å². The van der Waals surface area contributed by atoms with Crippen LogP contribution in [-0.2, 0) is 4.74 Å². The summed E-state index contributed by atoms with van der Waals surface area (Å²) in [7, 11) is 0. The highest BCUT2D eigenvalue weighted by Crippen LogP contribution is 2.23. The van der Waals surface area contributed by atoms with Gasteiger partial charge in [0.15, 0.2) is 0 Å². The molecule has 2 nitrogen and oxygen atoms in total. The molecule has 0 saturated heterocycles. The normalized spacial score (nSPS) is 13.0. The van der Waals surface area contributed by atoms with Crippen LogP contribution in [0.3, 0.4) is 0 Å². The third-order valence-electron chi connectivity index (χ3n) is 2.58. The average molecular weight is 318 g/mol. The van der Waals surface area contributed by atoms with Gasteiger partial charge in [0.25, 0.3) is 0 Å². The minimum Gasteiger partial charge on any atom is -0.380 e. The molecule has 1 unspecified atom stereocenters. The maximum atomic E-state index is 13.0. The molecule has 0 aliphatic rings. The van der Waals surface area contributed by atoms with Crippen LogP contribution < -0.4 is 5.32 Å². The zero-order chi connectivity index (χ0) is 13.5. The molecule has 0 aromatic heterocycles. The van der Waals surface area contributed by atoms with E-state index >= 15 is 0 Å². The summed E-state index contributed by atoms with van der Waals surface area (Å²) in [6.45, 7) is 8.59. The van der Waals surface area contributed by atoms with Crippen molar-refractivity contribution in [2.24, 2.45) is 5.92 Å². The van der Waals surface area contributed by atoms with Crippen LogP contribution in [0.4, 0.5) is 4.39 Å². The van der Waals surface area contributed by atoms with Crippen LogP contribution in [0.2, 0.25) is 0 Å². The monoisotopic (exact) mass is 317 g/mol. The Hall–Kier alpha value is -0.450. The van der Waals surface area contributed by atoms with Gasteiger partial charge in [0.2, 0.25) is 0 Å². The predicted molar refractivity (Wildman–Crippen MR) is 76.2 cm³/mol. The van der Waals surface area contributed by atoms with Crippen LogP contribution in [-0.4, -0.2) is 19.8 Å². The van der Waals surface area contributed by atoms with E-state index in [1.165, 1.54) is 12.1 Å². The molecule has 0 bridgehead atoms. The Balaban J connectivity index is 2.34. The highest BCUT2D eigenvalue weighted by molar-refractivity contribution is 9.10. The van der Waals surface area contributed by atoms with Gasteiger partial charge >= 0.3 is 0 Å². The van der Waals surface area contributed by atoms with E-state index in [1.54, 1.807) is 6.07 Å². The summed E-state index contributed by atoms with van der Waals surface area (Å²) >= 11 is 3.38. The van der Waals surface area contributed by atoms with Crippen molar-refractivity contribution in [2.75, 3.05) is 19.8 Å². The van der Waals surface area contributed by atoms with Crippen LogP contribution in [0, 0.1) is 11.7 Å². The van der Waals surface area contributed by atoms with Gasteiger partial charge in [-0.25, -0.2) is 4.39 Å². The average Bonchev–Trinajstić information content (AvgIpc) is 2.27. The van der Waals surface area contributed by atoms with E-state index in [0.717, 1.165) is 23.2 Å². The van der Waals surface area contributed by atoms with E-state index in [1.807, 2.05) is 0 Å². The Labute approximate surface area is 117 Å². The third-order valence-corrected chi connectivity index (χ3v) is 3.26. The molecule has 0 aliphatic carbocycles. The molecule has 1 rings (SSSR count). The molecule has 102 valence electrons. The van der Waals surface area contributed by atoms with Crippen molar-refractivity contribution in [3.8, 4) is 0 Å². The lowest BCUT2D eigenvalue weighted by Gasteiger charge is -2.16. The van der Waals surface area contributed by atoms with Crippen LogP contribution >= 0.6 is 15.9 Å². The van der Waals surface area contributed by atoms with Gasteiger partial charge in [-0.3, -0.25) is 0 Å². The van der Waals surface area contributed by atoms with Crippen LogP contribution in [0.1, 0.15) is 32.4 Å². The summed E-state index contributed by atoms with van der Waals surface area (Å²) in [5.41, 5.74) is 1.06. The standard InChI is InChI=1S/C14H21BrFNO/c1-10(2)9-18-7-6-17-11(3)13-5-4-12(16)8-14(13)15/h4-5,8,10-11,17H,6-7,9H2,1-3H3. The van der Waals surface area contributed by atoms with Crippen LogP contribution in [0.25, 0.3) is 0 Å². The fourth-order valence-corrected chi connectivity index (χ4v) is 2.32. The number of benzene rings is 1. The van der Waals surface area contributed by atoms with E-state index < -0.39 is 0 Å². The van der Waals surface area contributed by atoms with Gasteiger partial charge in [-0.1, -0.05) is 35.8 Å². The van der Waals surface area contributed by atoms with Gasteiger partial charge in [0.1, 0.15) is 5.82 Å². The van der Waals surface area contributed by atoms with Crippen LogP contribution in [0.15, 0.2) is 22.7 Å². The summed E-state index contributed by atoms with van der Waals surface area (Å²) in [5.74, 6) is 0.340. The second-order valence-corrected chi connectivity index (χ2v) is 5.66. The second-order valence-electron chi connectivity index (χ2n) is 4.81. The minimum absolute atomic E-state index is 0.169. The lowest BCUT2D eigenvalue weighted by Crippen LogP contribution is -2.24. The highest BCUT2D eigenvalue weighted by Gasteiger charge is 2.09. The quantitative estimate of drug-likeness (QED) is 0.770. The first kappa shape index (κ1) is 15.6. The Morgan fingerprint density at radius 2 is 2.06 bits per heavy atom. The van der Waals surface area contributed by atoms with Gasteiger partial charge < -0.3 is 10.1 Å². The van der Waals surface area contributed by atoms with Crippen molar-refractivity contribution in [1.82, 2.24) is 5.32 Å². The maximum Gasteiger partial charge on any atom is 0.124 e. The topological polar surface area (TPSA) is 21.3 Å². The highest BCUT2D eigenvalue weighted by atomic mass is 79.9.